The van der Waals surface area contributed by atoms with Gasteiger partial charge in [-0.2, -0.15) is 0 Å². The van der Waals surface area contributed by atoms with E-state index in [4.69, 9.17) is 0 Å². The molecule has 1 aliphatic carbocycles. The van der Waals surface area contributed by atoms with Crippen LogP contribution in [0, 0.1) is 0 Å². The summed E-state index contributed by atoms with van der Waals surface area (Å²) >= 11 is 7.14. The standard InChI is InChI=1S/C14H19Br2N/c1-10(17-12-5-3-2-4-6-12)13-8-7-11(15)9-14(13)16/h7-10,12,17H,2-6H2,1H3. The molecule has 0 aromatic heterocycles. The molecule has 94 valence electrons. The molecular weight excluding hydrogens is 342 g/mol. The van der Waals surface area contributed by atoms with Crippen LogP contribution in [-0.4, -0.2) is 6.04 Å². The summed E-state index contributed by atoms with van der Waals surface area (Å²) < 4.78 is 2.31. The predicted octanol–water partition coefficient (Wildman–Crippen LogP) is 5.19. The van der Waals surface area contributed by atoms with Crippen molar-refractivity contribution in [2.24, 2.45) is 0 Å². The van der Waals surface area contributed by atoms with E-state index < -0.39 is 0 Å². The van der Waals surface area contributed by atoms with Crippen LogP contribution in [-0.2, 0) is 0 Å². The first kappa shape index (κ1) is 13.6. The molecule has 1 aromatic carbocycles. The molecule has 17 heavy (non-hydrogen) atoms. The maximum absolute atomic E-state index is 3.75. The Morgan fingerprint density at radius 3 is 2.53 bits per heavy atom. The van der Waals surface area contributed by atoms with Gasteiger partial charge < -0.3 is 5.32 Å². The quantitative estimate of drug-likeness (QED) is 0.781. The van der Waals surface area contributed by atoms with E-state index in [1.165, 1.54) is 42.1 Å². The smallest absolute Gasteiger partial charge is 0.0305 e. The fourth-order valence-electron chi connectivity index (χ4n) is 2.57. The Bertz CT molecular complexity index is 372. The Morgan fingerprint density at radius 1 is 1.18 bits per heavy atom. The second-order valence-electron chi connectivity index (χ2n) is 4.89. The lowest BCUT2D eigenvalue weighted by Crippen LogP contribution is -2.33. The molecule has 3 heteroatoms. The van der Waals surface area contributed by atoms with Crippen LogP contribution >= 0.6 is 31.9 Å². The minimum atomic E-state index is 0.417. The summed E-state index contributed by atoms with van der Waals surface area (Å²) in [6.07, 6.45) is 6.84. The zero-order valence-corrected chi connectivity index (χ0v) is 13.4. The van der Waals surface area contributed by atoms with Gasteiger partial charge in [0.15, 0.2) is 0 Å². The molecule has 1 N–H and O–H groups in total. The van der Waals surface area contributed by atoms with Crippen molar-refractivity contribution >= 4 is 31.9 Å². The summed E-state index contributed by atoms with van der Waals surface area (Å²) in [6, 6.07) is 7.54. The minimum absolute atomic E-state index is 0.417. The fraction of sp³-hybridized carbons (Fsp3) is 0.571. The second-order valence-corrected chi connectivity index (χ2v) is 6.66. The Balaban J connectivity index is 2.00. The van der Waals surface area contributed by atoms with Gasteiger partial charge in [0.05, 0.1) is 0 Å². The van der Waals surface area contributed by atoms with E-state index in [1.54, 1.807) is 0 Å². The van der Waals surface area contributed by atoms with Gasteiger partial charge in [-0.3, -0.25) is 0 Å². The molecular formula is C14H19Br2N. The Labute approximate surface area is 121 Å². The van der Waals surface area contributed by atoms with Crippen molar-refractivity contribution in [3.63, 3.8) is 0 Å². The third kappa shape index (κ3) is 3.80. The van der Waals surface area contributed by atoms with Gasteiger partial charge in [-0.25, -0.2) is 0 Å². The highest BCUT2D eigenvalue weighted by Crippen LogP contribution is 2.28. The molecule has 0 aliphatic heterocycles. The van der Waals surface area contributed by atoms with E-state index in [0.29, 0.717) is 12.1 Å². The normalized spacial score (nSPS) is 19.2. The maximum Gasteiger partial charge on any atom is 0.0305 e. The van der Waals surface area contributed by atoms with Crippen molar-refractivity contribution < 1.29 is 0 Å². The van der Waals surface area contributed by atoms with Gasteiger partial charge in [0.1, 0.15) is 0 Å². The molecule has 0 heterocycles. The zero-order valence-electron chi connectivity index (χ0n) is 10.2. The summed E-state index contributed by atoms with van der Waals surface area (Å²) in [5, 5.41) is 3.75. The average molecular weight is 361 g/mol. The lowest BCUT2D eigenvalue weighted by Gasteiger charge is -2.27. The number of nitrogens with one attached hydrogen (secondary N) is 1. The third-order valence-electron chi connectivity index (χ3n) is 3.52. The molecule has 1 aromatic rings. The van der Waals surface area contributed by atoms with Gasteiger partial charge in [0, 0.05) is 21.0 Å². The zero-order chi connectivity index (χ0) is 12.3. The summed E-state index contributed by atoms with van der Waals surface area (Å²) in [6.45, 7) is 2.25. The Kier molecular flexibility index (Phi) is 5.07. The summed E-state index contributed by atoms with van der Waals surface area (Å²) in [5.41, 5.74) is 1.35. The fourth-order valence-corrected chi connectivity index (χ4v) is 3.96. The van der Waals surface area contributed by atoms with Gasteiger partial charge in [-0.1, -0.05) is 57.2 Å². The van der Waals surface area contributed by atoms with Gasteiger partial charge >= 0.3 is 0 Å². The van der Waals surface area contributed by atoms with Crippen LogP contribution in [0.5, 0.6) is 0 Å². The first-order valence-electron chi connectivity index (χ1n) is 6.38. The second kappa shape index (κ2) is 6.35. The molecule has 0 amide bonds. The lowest BCUT2D eigenvalue weighted by atomic mass is 9.94. The van der Waals surface area contributed by atoms with Crippen LogP contribution < -0.4 is 5.32 Å². The molecule has 2 rings (SSSR count). The predicted molar refractivity (Wildman–Crippen MR) is 80.3 cm³/mol. The van der Waals surface area contributed by atoms with Crippen LogP contribution in [0.15, 0.2) is 27.1 Å². The topological polar surface area (TPSA) is 12.0 Å². The van der Waals surface area contributed by atoms with Crippen LogP contribution in [0.1, 0.15) is 50.6 Å². The first-order chi connectivity index (χ1) is 8.16. The molecule has 1 atom stereocenters. The Hall–Kier alpha value is 0.140. The number of hydrogen-bond acceptors (Lipinski definition) is 1. The van der Waals surface area contributed by atoms with Crippen molar-refractivity contribution in [1.29, 1.82) is 0 Å². The maximum atomic E-state index is 3.75. The SMILES string of the molecule is CC(NC1CCCCC1)c1ccc(Br)cc1Br. The van der Waals surface area contributed by atoms with E-state index in [1.807, 2.05) is 0 Å². The van der Waals surface area contributed by atoms with Crippen molar-refractivity contribution in [3.05, 3.63) is 32.7 Å². The first-order valence-corrected chi connectivity index (χ1v) is 7.96. The molecule has 0 saturated heterocycles. The molecule has 1 aliphatic rings. The summed E-state index contributed by atoms with van der Waals surface area (Å²) in [7, 11) is 0. The molecule has 0 radical (unpaired) electrons. The van der Waals surface area contributed by atoms with E-state index in [2.05, 4.69) is 62.3 Å². The molecule has 0 bridgehead atoms. The number of halogens is 2. The Morgan fingerprint density at radius 2 is 1.88 bits per heavy atom. The summed E-state index contributed by atoms with van der Waals surface area (Å²) in [5.74, 6) is 0. The van der Waals surface area contributed by atoms with Gasteiger partial charge in [0.25, 0.3) is 0 Å². The van der Waals surface area contributed by atoms with Crippen LogP contribution in [0.25, 0.3) is 0 Å². The van der Waals surface area contributed by atoms with Crippen molar-refractivity contribution in [2.75, 3.05) is 0 Å². The number of hydrogen-bond donors (Lipinski definition) is 1. The molecule has 0 spiro atoms. The van der Waals surface area contributed by atoms with E-state index >= 15 is 0 Å². The van der Waals surface area contributed by atoms with Crippen LogP contribution in [0.4, 0.5) is 0 Å². The lowest BCUT2D eigenvalue weighted by molar-refractivity contribution is 0.346. The number of rotatable bonds is 3. The van der Waals surface area contributed by atoms with E-state index in [9.17, 15) is 0 Å². The van der Waals surface area contributed by atoms with E-state index in [0.717, 1.165) is 4.47 Å². The molecule has 1 fully saturated rings. The van der Waals surface area contributed by atoms with Crippen molar-refractivity contribution in [3.8, 4) is 0 Å². The van der Waals surface area contributed by atoms with Gasteiger partial charge in [0.2, 0.25) is 0 Å². The highest BCUT2D eigenvalue weighted by molar-refractivity contribution is 9.11. The molecule has 1 nitrogen and oxygen atoms in total. The van der Waals surface area contributed by atoms with Crippen molar-refractivity contribution in [1.82, 2.24) is 5.32 Å². The minimum Gasteiger partial charge on any atom is -0.307 e. The molecule has 1 unspecified atom stereocenters. The van der Waals surface area contributed by atoms with Gasteiger partial charge in [-0.05, 0) is 37.5 Å². The highest BCUT2D eigenvalue weighted by Gasteiger charge is 2.17. The average Bonchev–Trinajstić information content (AvgIpc) is 2.30. The number of benzene rings is 1. The van der Waals surface area contributed by atoms with Gasteiger partial charge in [-0.15, -0.1) is 0 Å². The summed E-state index contributed by atoms with van der Waals surface area (Å²) in [4.78, 5) is 0. The monoisotopic (exact) mass is 359 g/mol. The van der Waals surface area contributed by atoms with E-state index in [-0.39, 0.29) is 0 Å². The van der Waals surface area contributed by atoms with Crippen molar-refractivity contribution in [2.45, 2.75) is 51.1 Å². The molecule has 1 saturated carbocycles. The van der Waals surface area contributed by atoms with Crippen LogP contribution in [0.3, 0.4) is 0 Å². The van der Waals surface area contributed by atoms with Crippen LogP contribution in [0.2, 0.25) is 0 Å². The largest absolute Gasteiger partial charge is 0.307 e. The third-order valence-corrected chi connectivity index (χ3v) is 4.70. The highest BCUT2D eigenvalue weighted by atomic mass is 79.9.